The molecular weight excluding hydrogens is 280 g/mol. The van der Waals surface area contributed by atoms with E-state index in [2.05, 4.69) is 10.3 Å². The van der Waals surface area contributed by atoms with Crippen LogP contribution in [-0.4, -0.2) is 10.9 Å². The molecular formula is C17H16N2O3. The van der Waals surface area contributed by atoms with Gasteiger partial charge in [-0.2, -0.15) is 0 Å². The summed E-state index contributed by atoms with van der Waals surface area (Å²) in [6.07, 6.45) is 2.14. The van der Waals surface area contributed by atoms with Gasteiger partial charge < -0.3 is 14.7 Å². The fourth-order valence-electron chi connectivity index (χ4n) is 2.61. The van der Waals surface area contributed by atoms with E-state index in [-0.39, 0.29) is 17.2 Å². The zero-order valence-electron chi connectivity index (χ0n) is 12.4. The minimum absolute atomic E-state index is 0.0815. The zero-order valence-corrected chi connectivity index (χ0v) is 12.4. The largest absolute Gasteiger partial charge is 0.459 e. The number of amides is 1. The van der Waals surface area contributed by atoms with Crippen LogP contribution < -0.4 is 10.9 Å². The molecule has 0 saturated carbocycles. The summed E-state index contributed by atoms with van der Waals surface area (Å²) in [4.78, 5) is 26.9. The molecule has 0 bridgehead atoms. The maximum Gasteiger partial charge on any atom is 0.291 e. The van der Waals surface area contributed by atoms with Crippen molar-refractivity contribution in [2.75, 3.05) is 5.32 Å². The molecule has 0 saturated heterocycles. The van der Waals surface area contributed by atoms with Crippen LogP contribution in [0.5, 0.6) is 0 Å². The van der Waals surface area contributed by atoms with Crippen LogP contribution in [0, 0.1) is 6.92 Å². The number of aromatic amines is 1. The van der Waals surface area contributed by atoms with Gasteiger partial charge in [0.1, 0.15) is 0 Å². The summed E-state index contributed by atoms with van der Waals surface area (Å²) in [5.74, 6) is -0.0836. The Bertz CT molecular complexity index is 892. The standard InChI is InChI=1S/C17H16N2O3/c1-3-12-10(2)13-7-6-11(9-14(13)19-16(12)20)18-17(21)15-5-4-8-22-15/h4-9H,3H2,1-2H3,(H,18,21)(H,19,20). The molecule has 0 fully saturated rings. The third kappa shape index (κ3) is 2.41. The summed E-state index contributed by atoms with van der Waals surface area (Å²) in [5, 5.41) is 3.73. The van der Waals surface area contributed by atoms with Gasteiger partial charge in [-0.3, -0.25) is 9.59 Å². The van der Waals surface area contributed by atoms with Gasteiger partial charge in [-0.15, -0.1) is 0 Å². The van der Waals surface area contributed by atoms with E-state index in [1.807, 2.05) is 26.0 Å². The van der Waals surface area contributed by atoms with Gasteiger partial charge >= 0.3 is 0 Å². The maximum atomic E-state index is 12.0. The molecule has 3 rings (SSSR count). The van der Waals surface area contributed by atoms with E-state index >= 15 is 0 Å². The molecule has 0 aliphatic heterocycles. The van der Waals surface area contributed by atoms with Gasteiger partial charge in [0.25, 0.3) is 11.5 Å². The third-order valence-electron chi connectivity index (χ3n) is 3.75. The Morgan fingerprint density at radius 1 is 1.32 bits per heavy atom. The number of H-pyrrole nitrogens is 1. The van der Waals surface area contributed by atoms with Gasteiger partial charge in [-0.1, -0.05) is 13.0 Å². The number of benzene rings is 1. The number of anilines is 1. The van der Waals surface area contributed by atoms with E-state index in [1.165, 1.54) is 6.26 Å². The van der Waals surface area contributed by atoms with Crippen molar-refractivity contribution >= 4 is 22.5 Å². The Balaban J connectivity index is 2.00. The van der Waals surface area contributed by atoms with Gasteiger partial charge in [-0.05, 0) is 43.2 Å². The second-order valence-corrected chi connectivity index (χ2v) is 5.10. The number of fused-ring (bicyclic) bond motifs is 1. The van der Waals surface area contributed by atoms with Crippen LogP contribution in [0.2, 0.25) is 0 Å². The molecule has 5 heteroatoms. The molecule has 0 aliphatic rings. The Morgan fingerprint density at radius 2 is 2.14 bits per heavy atom. The van der Waals surface area contributed by atoms with E-state index in [9.17, 15) is 9.59 Å². The van der Waals surface area contributed by atoms with Gasteiger partial charge in [0.2, 0.25) is 0 Å². The van der Waals surface area contributed by atoms with Crippen molar-refractivity contribution in [1.82, 2.24) is 4.98 Å². The number of hydrogen-bond donors (Lipinski definition) is 2. The molecule has 2 heterocycles. The molecule has 1 amide bonds. The van der Waals surface area contributed by atoms with Crippen LogP contribution in [0.3, 0.4) is 0 Å². The summed E-state index contributed by atoms with van der Waals surface area (Å²) < 4.78 is 5.05. The average Bonchev–Trinajstić information content (AvgIpc) is 3.01. The lowest BCUT2D eigenvalue weighted by atomic mass is 10.0. The summed E-state index contributed by atoms with van der Waals surface area (Å²) in [6, 6.07) is 8.72. The fraction of sp³-hybridized carbons (Fsp3) is 0.176. The lowest BCUT2D eigenvalue weighted by molar-refractivity contribution is 0.0996. The monoisotopic (exact) mass is 296 g/mol. The van der Waals surface area contributed by atoms with Crippen LogP contribution in [0.4, 0.5) is 5.69 Å². The minimum atomic E-state index is -0.325. The second kappa shape index (κ2) is 5.52. The number of pyridine rings is 1. The van der Waals surface area contributed by atoms with Gasteiger partial charge in [0.15, 0.2) is 5.76 Å². The fourth-order valence-corrected chi connectivity index (χ4v) is 2.61. The van der Waals surface area contributed by atoms with Crippen molar-refractivity contribution in [3.05, 3.63) is 63.8 Å². The highest BCUT2D eigenvalue weighted by atomic mass is 16.3. The topological polar surface area (TPSA) is 75.1 Å². The lowest BCUT2D eigenvalue weighted by Crippen LogP contribution is -2.15. The molecule has 3 aromatic rings. The van der Waals surface area contributed by atoms with E-state index in [1.54, 1.807) is 18.2 Å². The highest BCUT2D eigenvalue weighted by molar-refractivity contribution is 6.03. The van der Waals surface area contributed by atoms with Crippen molar-refractivity contribution < 1.29 is 9.21 Å². The van der Waals surface area contributed by atoms with E-state index in [0.717, 1.165) is 16.5 Å². The first-order valence-electron chi connectivity index (χ1n) is 7.10. The normalized spacial score (nSPS) is 10.8. The molecule has 0 aliphatic carbocycles. The van der Waals surface area contributed by atoms with Gasteiger partial charge in [-0.25, -0.2) is 0 Å². The molecule has 2 N–H and O–H groups in total. The van der Waals surface area contributed by atoms with Crippen LogP contribution in [0.25, 0.3) is 10.9 Å². The molecule has 112 valence electrons. The molecule has 0 unspecified atom stereocenters. The van der Waals surface area contributed by atoms with Crippen molar-refractivity contribution in [3.63, 3.8) is 0 Å². The maximum absolute atomic E-state index is 12.0. The highest BCUT2D eigenvalue weighted by Gasteiger charge is 2.11. The molecule has 5 nitrogen and oxygen atoms in total. The predicted octanol–water partition coefficient (Wildman–Crippen LogP) is 3.24. The highest BCUT2D eigenvalue weighted by Crippen LogP contribution is 2.22. The summed E-state index contributed by atoms with van der Waals surface area (Å²) in [6.45, 7) is 3.90. The predicted molar refractivity (Wildman–Crippen MR) is 85.3 cm³/mol. The van der Waals surface area contributed by atoms with E-state index in [4.69, 9.17) is 4.42 Å². The lowest BCUT2D eigenvalue weighted by Gasteiger charge is -2.09. The van der Waals surface area contributed by atoms with Crippen LogP contribution in [0.1, 0.15) is 28.6 Å². The Hall–Kier alpha value is -2.82. The zero-order chi connectivity index (χ0) is 15.7. The molecule has 22 heavy (non-hydrogen) atoms. The number of furan rings is 1. The number of hydrogen-bond acceptors (Lipinski definition) is 3. The quantitative estimate of drug-likeness (QED) is 0.779. The number of rotatable bonds is 3. The molecule has 0 radical (unpaired) electrons. The van der Waals surface area contributed by atoms with Crippen molar-refractivity contribution in [1.29, 1.82) is 0 Å². The SMILES string of the molecule is CCc1c(C)c2ccc(NC(=O)c3ccco3)cc2[nH]c1=O. The van der Waals surface area contributed by atoms with Crippen LogP contribution in [-0.2, 0) is 6.42 Å². The molecule has 0 atom stereocenters. The van der Waals surface area contributed by atoms with Crippen LogP contribution >= 0.6 is 0 Å². The first kappa shape index (κ1) is 14.1. The average molecular weight is 296 g/mol. The number of aryl methyl sites for hydroxylation is 1. The summed E-state index contributed by atoms with van der Waals surface area (Å²) in [7, 11) is 0. The van der Waals surface area contributed by atoms with Gasteiger partial charge in [0.05, 0.1) is 11.8 Å². The Labute approximate surface area is 127 Å². The third-order valence-corrected chi connectivity index (χ3v) is 3.75. The molecule has 1 aromatic carbocycles. The summed E-state index contributed by atoms with van der Waals surface area (Å²) in [5.41, 5.74) is 3.00. The minimum Gasteiger partial charge on any atom is -0.459 e. The van der Waals surface area contributed by atoms with E-state index < -0.39 is 0 Å². The van der Waals surface area contributed by atoms with Gasteiger partial charge in [0, 0.05) is 16.6 Å². The molecule has 0 spiro atoms. The van der Waals surface area contributed by atoms with Crippen molar-refractivity contribution in [3.8, 4) is 0 Å². The molecule has 2 aromatic heterocycles. The van der Waals surface area contributed by atoms with Crippen LogP contribution in [0.15, 0.2) is 45.8 Å². The summed E-state index contributed by atoms with van der Waals surface area (Å²) >= 11 is 0. The first-order valence-corrected chi connectivity index (χ1v) is 7.10. The first-order chi connectivity index (χ1) is 10.6. The Kier molecular flexibility index (Phi) is 3.55. The number of carbonyl (C=O) groups excluding carboxylic acids is 1. The van der Waals surface area contributed by atoms with Crippen molar-refractivity contribution in [2.45, 2.75) is 20.3 Å². The second-order valence-electron chi connectivity index (χ2n) is 5.10. The smallest absolute Gasteiger partial charge is 0.291 e. The Morgan fingerprint density at radius 3 is 2.82 bits per heavy atom. The number of aromatic nitrogens is 1. The number of carbonyl (C=O) groups is 1. The van der Waals surface area contributed by atoms with E-state index in [0.29, 0.717) is 17.6 Å². The number of nitrogens with one attached hydrogen (secondary N) is 2. The van der Waals surface area contributed by atoms with Crippen molar-refractivity contribution in [2.24, 2.45) is 0 Å².